The van der Waals surface area contributed by atoms with Crippen LogP contribution >= 0.6 is 15.9 Å². The number of anilines is 1. The highest BCUT2D eigenvalue weighted by atomic mass is 79.9. The number of hydrogen-bond acceptors (Lipinski definition) is 4. The Morgan fingerprint density at radius 2 is 2.20 bits per heavy atom. The summed E-state index contributed by atoms with van der Waals surface area (Å²) in [5, 5.41) is 13.9. The number of benzene rings is 1. The van der Waals surface area contributed by atoms with Crippen LogP contribution in [-0.2, 0) is 4.79 Å². The Bertz CT molecular complexity index is 643. The molecule has 1 heterocycles. The van der Waals surface area contributed by atoms with E-state index >= 15 is 0 Å². The van der Waals surface area contributed by atoms with E-state index in [0.717, 1.165) is 10.7 Å². The van der Waals surface area contributed by atoms with E-state index in [9.17, 15) is 9.90 Å². The molecule has 0 atom stereocenters. The first-order valence-electron chi connectivity index (χ1n) is 6.26. The number of nitrogens with one attached hydrogen (secondary N) is 1. The third kappa shape index (κ3) is 3.07. The maximum atomic E-state index is 12.2. The fraction of sp³-hybridized carbons (Fsp3) is 0.357. The van der Waals surface area contributed by atoms with Crippen molar-refractivity contribution in [1.29, 1.82) is 0 Å². The number of hydrogen-bond donors (Lipinski definition) is 2. The molecular formula is C14H16BrN3O2. The Labute approximate surface area is 125 Å². The molecule has 2 rings (SSSR count). The van der Waals surface area contributed by atoms with Crippen molar-refractivity contribution in [2.24, 2.45) is 5.41 Å². The molecule has 0 radical (unpaired) electrons. The van der Waals surface area contributed by atoms with Crippen molar-refractivity contribution in [1.82, 2.24) is 9.97 Å². The normalized spacial score (nSPS) is 11.6. The fourth-order valence-corrected chi connectivity index (χ4v) is 2.71. The topological polar surface area (TPSA) is 75.1 Å². The second-order valence-electron chi connectivity index (χ2n) is 5.19. The standard InChI is InChI=1S/C14H16BrN3O2/c1-14(2,6-7-15)12(20)18-13-16-8-9-4-3-5-10(19)11(9)17-13/h3-5,8,19H,6-7H2,1-2H3,(H,16,17,18,20). The maximum Gasteiger partial charge on any atom is 0.232 e. The molecule has 0 spiro atoms. The van der Waals surface area contributed by atoms with E-state index < -0.39 is 5.41 Å². The van der Waals surface area contributed by atoms with Gasteiger partial charge >= 0.3 is 0 Å². The average molecular weight is 338 g/mol. The van der Waals surface area contributed by atoms with Crippen LogP contribution in [0.2, 0.25) is 0 Å². The number of para-hydroxylation sites is 1. The lowest BCUT2D eigenvalue weighted by Gasteiger charge is -2.21. The lowest BCUT2D eigenvalue weighted by Crippen LogP contribution is -2.31. The van der Waals surface area contributed by atoms with Crippen LogP contribution in [0.5, 0.6) is 5.75 Å². The molecule has 2 aromatic rings. The van der Waals surface area contributed by atoms with Crippen molar-refractivity contribution < 1.29 is 9.90 Å². The van der Waals surface area contributed by atoms with Gasteiger partial charge in [0.1, 0.15) is 11.3 Å². The Morgan fingerprint density at radius 3 is 2.90 bits per heavy atom. The third-order valence-electron chi connectivity index (χ3n) is 3.15. The van der Waals surface area contributed by atoms with Crippen LogP contribution in [0.1, 0.15) is 20.3 Å². The molecule has 0 unspecified atom stereocenters. The number of phenolic OH excluding ortho intramolecular Hbond substituents is 1. The fourth-order valence-electron chi connectivity index (χ4n) is 1.72. The first kappa shape index (κ1) is 14.7. The Hall–Kier alpha value is -1.69. The summed E-state index contributed by atoms with van der Waals surface area (Å²) in [6.07, 6.45) is 2.28. The van der Waals surface area contributed by atoms with E-state index in [2.05, 4.69) is 31.2 Å². The number of aromatic nitrogens is 2. The van der Waals surface area contributed by atoms with Gasteiger partial charge in [0, 0.05) is 22.3 Å². The van der Waals surface area contributed by atoms with Crippen LogP contribution in [0.4, 0.5) is 5.95 Å². The molecule has 1 aromatic carbocycles. The number of carbonyl (C=O) groups excluding carboxylic acids is 1. The minimum atomic E-state index is -0.513. The number of amides is 1. The van der Waals surface area contributed by atoms with Crippen LogP contribution in [0.3, 0.4) is 0 Å². The summed E-state index contributed by atoms with van der Waals surface area (Å²) in [7, 11) is 0. The molecule has 6 heteroatoms. The van der Waals surface area contributed by atoms with Gasteiger partial charge in [-0.05, 0) is 12.5 Å². The molecule has 1 amide bonds. The van der Waals surface area contributed by atoms with Gasteiger partial charge in [0.15, 0.2) is 0 Å². The second kappa shape index (κ2) is 5.75. The van der Waals surface area contributed by atoms with Crippen molar-refractivity contribution in [3.05, 3.63) is 24.4 Å². The van der Waals surface area contributed by atoms with Gasteiger partial charge in [-0.2, -0.15) is 0 Å². The maximum absolute atomic E-state index is 12.2. The first-order chi connectivity index (χ1) is 9.44. The molecule has 0 aliphatic carbocycles. The highest BCUT2D eigenvalue weighted by molar-refractivity contribution is 9.09. The smallest absolute Gasteiger partial charge is 0.232 e. The van der Waals surface area contributed by atoms with E-state index in [4.69, 9.17) is 0 Å². The number of rotatable bonds is 4. The summed E-state index contributed by atoms with van der Waals surface area (Å²) in [6, 6.07) is 5.07. The molecule has 2 N–H and O–H groups in total. The molecule has 1 aromatic heterocycles. The van der Waals surface area contributed by atoms with Gasteiger partial charge in [-0.25, -0.2) is 9.97 Å². The zero-order valence-electron chi connectivity index (χ0n) is 11.4. The zero-order valence-corrected chi connectivity index (χ0v) is 12.9. The van der Waals surface area contributed by atoms with Crippen molar-refractivity contribution >= 4 is 38.7 Å². The van der Waals surface area contributed by atoms with E-state index in [1.807, 2.05) is 13.8 Å². The predicted octanol–water partition coefficient (Wildman–Crippen LogP) is 3.09. The summed E-state index contributed by atoms with van der Waals surface area (Å²) in [4.78, 5) is 20.5. The molecule has 0 aliphatic heterocycles. The molecule has 20 heavy (non-hydrogen) atoms. The Balaban J connectivity index is 2.26. The average Bonchev–Trinajstić information content (AvgIpc) is 2.39. The number of phenols is 1. The number of nitrogens with zero attached hydrogens (tertiary/aromatic N) is 2. The van der Waals surface area contributed by atoms with Gasteiger partial charge in [0.2, 0.25) is 11.9 Å². The molecular weight excluding hydrogens is 322 g/mol. The van der Waals surface area contributed by atoms with Gasteiger partial charge in [-0.1, -0.05) is 41.9 Å². The summed E-state index contributed by atoms with van der Waals surface area (Å²) in [5.74, 6) is 0.124. The van der Waals surface area contributed by atoms with Gasteiger partial charge in [0.25, 0.3) is 0 Å². The molecule has 0 fully saturated rings. The highest BCUT2D eigenvalue weighted by Gasteiger charge is 2.27. The molecule has 0 aliphatic rings. The van der Waals surface area contributed by atoms with Gasteiger partial charge < -0.3 is 5.11 Å². The largest absolute Gasteiger partial charge is 0.506 e. The minimum absolute atomic E-state index is 0.0696. The lowest BCUT2D eigenvalue weighted by atomic mass is 9.89. The highest BCUT2D eigenvalue weighted by Crippen LogP contribution is 2.25. The first-order valence-corrected chi connectivity index (χ1v) is 7.38. The summed E-state index contributed by atoms with van der Waals surface area (Å²) in [6.45, 7) is 3.73. The number of alkyl halides is 1. The van der Waals surface area contributed by atoms with E-state index in [0.29, 0.717) is 11.9 Å². The molecule has 0 saturated carbocycles. The number of fused-ring (bicyclic) bond motifs is 1. The van der Waals surface area contributed by atoms with Crippen LogP contribution in [0, 0.1) is 5.41 Å². The summed E-state index contributed by atoms with van der Waals surface area (Å²) >= 11 is 3.34. The number of aromatic hydroxyl groups is 1. The molecule has 5 nitrogen and oxygen atoms in total. The minimum Gasteiger partial charge on any atom is -0.506 e. The van der Waals surface area contributed by atoms with Crippen LogP contribution < -0.4 is 5.32 Å². The van der Waals surface area contributed by atoms with Crippen molar-refractivity contribution in [3.63, 3.8) is 0 Å². The van der Waals surface area contributed by atoms with E-state index in [1.54, 1.807) is 24.4 Å². The molecule has 0 saturated heterocycles. The van der Waals surface area contributed by atoms with Gasteiger partial charge in [-0.15, -0.1) is 0 Å². The predicted molar refractivity (Wildman–Crippen MR) is 82.0 cm³/mol. The van der Waals surface area contributed by atoms with Crippen molar-refractivity contribution in [2.75, 3.05) is 10.6 Å². The monoisotopic (exact) mass is 337 g/mol. The summed E-state index contributed by atoms with van der Waals surface area (Å²) < 4.78 is 0. The number of carbonyl (C=O) groups is 1. The van der Waals surface area contributed by atoms with Crippen LogP contribution in [-0.4, -0.2) is 26.3 Å². The van der Waals surface area contributed by atoms with E-state index in [1.165, 1.54) is 0 Å². The van der Waals surface area contributed by atoms with Crippen molar-refractivity contribution in [3.8, 4) is 5.75 Å². The van der Waals surface area contributed by atoms with Gasteiger partial charge in [0.05, 0.1) is 0 Å². The number of halogens is 1. The molecule has 106 valence electrons. The van der Waals surface area contributed by atoms with Crippen LogP contribution in [0.15, 0.2) is 24.4 Å². The third-order valence-corrected chi connectivity index (χ3v) is 3.55. The summed E-state index contributed by atoms with van der Waals surface area (Å²) in [5.41, 5.74) is -0.0864. The SMILES string of the molecule is CC(C)(CCBr)C(=O)Nc1ncc2cccc(O)c2n1. The molecule has 0 bridgehead atoms. The quantitative estimate of drug-likeness (QED) is 0.840. The van der Waals surface area contributed by atoms with Gasteiger partial charge in [-0.3, -0.25) is 10.1 Å². The Kier molecular flexibility index (Phi) is 4.23. The van der Waals surface area contributed by atoms with E-state index in [-0.39, 0.29) is 17.6 Å². The van der Waals surface area contributed by atoms with Crippen LogP contribution in [0.25, 0.3) is 10.9 Å². The zero-order chi connectivity index (χ0) is 14.8. The lowest BCUT2D eigenvalue weighted by molar-refractivity contribution is -0.124. The second-order valence-corrected chi connectivity index (χ2v) is 5.98. The Morgan fingerprint density at radius 1 is 1.45 bits per heavy atom. The van der Waals surface area contributed by atoms with Crippen molar-refractivity contribution in [2.45, 2.75) is 20.3 Å².